The Morgan fingerprint density at radius 2 is 0.924 bits per heavy atom. The Morgan fingerprint density at radius 1 is 0.413 bits per heavy atom. The zero-order valence-electron chi connectivity index (χ0n) is 52.9. The molecule has 4 aliphatic carbocycles. The molecule has 0 bridgehead atoms. The molecule has 0 aromatic rings. The van der Waals surface area contributed by atoms with Crippen LogP contribution in [-0.4, -0.2) is 311 Å². The van der Waals surface area contributed by atoms with E-state index in [2.05, 4.69) is 27.7 Å². The van der Waals surface area contributed by atoms with Crippen LogP contribution in [0.1, 0.15) is 106 Å². The molecule has 8 aliphatic heterocycles. The lowest BCUT2D eigenvalue weighted by atomic mass is 9.44. The normalized spacial score (nSPS) is 58.0. The maximum Gasteiger partial charge on any atom is 0.187 e. The van der Waals surface area contributed by atoms with E-state index in [4.69, 9.17) is 66.3 Å². The van der Waals surface area contributed by atoms with Crippen molar-refractivity contribution >= 4 is 0 Å². The number of fused-ring (bicyclic) bond motifs is 7. The van der Waals surface area contributed by atoms with Crippen molar-refractivity contribution in [2.24, 2.45) is 52.3 Å². The second-order valence-corrected chi connectivity index (χ2v) is 29.5. The van der Waals surface area contributed by atoms with Gasteiger partial charge in [0.25, 0.3) is 0 Å². The molecule has 12 rings (SSSR count). The number of hydrogen-bond donors (Lipinski definition) is 16. The number of rotatable bonds is 15. The fraction of sp³-hybridized carbons (Fsp3) is 1.00. The first-order chi connectivity index (χ1) is 43.7. The summed E-state index contributed by atoms with van der Waals surface area (Å²) in [7, 11) is 0. The monoisotopic (exact) mass is 1330 g/mol. The molecule has 12 fully saturated rings. The zero-order valence-corrected chi connectivity index (χ0v) is 52.9. The molecule has 1 spiro atoms. The molecule has 0 amide bonds. The second-order valence-electron chi connectivity index (χ2n) is 29.5. The van der Waals surface area contributed by atoms with Gasteiger partial charge in [-0.25, -0.2) is 0 Å². The van der Waals surface area contributed by atoms with E-state index in [1.165, 1.54) is 13.8 Å². The lowest BCUT2D eigenvalue weighted by Gasteiger charge is -2.61. The van der Waals surface area contributed by atoms with Gasteiger partial charge in [-0.2, -0.15) is 0 Å². The average molecular weight is 1330 g/mol. The fourth-order valence-corrected chi connectivity index (χ4v) is 18.7. The molecule has 8 heterocycles. The van der Waals surface area contributed by atoms with Crippen molar-refractivity contribution in [2.75, 3.05) is 33.0 Å². The largest absolute Gasteiger partial charge is 0.394 e. The predicted octanol–water partition coefficient (Wildman–Crippen LogP) is -4.57. The first-order valence-corrected chi connectivity index (χ1v) is 33.5. The van der Waals surface area contributed by atoms with Crippen LogP contribution in [0.5, 0.6) is 0 Å². The summed E-state index contributed by atoms with van der Waals surface area (Å²) in [6.45, 7) is 9.57. The van der Waals surface area contributed by atoms with Crippen LogP contribution >= 0.6 is 0 Å². The van der Waals surface area contributed by atoms with Gasteiger partial charge in [0.15, 0.2) is 43.5 Å². The third-order valence-corrected chi connectivity index (χ3v) is 24.2. The molecule has 0 aromatic heterocycles. The highest BCUT2D eigenvalue weighted by Crippen LogP contribution is 2.71. The van der Waals surface area contributed by atoms with Crippen LogP contribution in [0.25, 0.3) is 0 Å². The van der Waals surface area contributed by atoms with Crippen LogP contribution in [0.2, 0.25) is 0 Å². The van der Waals surface area contributed by atoms with E-state index in [0.717, 1.165) is 51.4 Å². The summed E-state index contributed by atoms with van der Waals surface area (Å²) in [6.07, 6.45) is -43.6. The van der Waals surface area contributed by atoms with E-state index in [-0.39, 0.29) is 28.8 Å². The Balaban J connectivity index is 0.837. The van der Waals surface area contributed by atoms with Gasteiger partial charge in [0.1, 0.15) is 128 Å². The van der Waals surface area contributed by atoms with E-state index >= 15 is 0 Å². The van der Waals surface area contributed by atoms with Crippen LogP contribution < -0.4 is 0 Å². The van der Waals surface area contributed by atoms with E-state index in [1.807, 2.05) is 0 Å². The summed E-state index contributed by atoms with van der Waals surface area (Å²) in [5.41, 5.74) is 0.00924. The number of hydrogen-bond acceptors (Lipinski definition) is 30. The maximum atomic E-state index is 12.5. The molecule has 92 heavy (non-hydrogen) atoms. The van der Waals surface area contributed by atoms with Crippen LogP contribution in [0.15, 0.2) is 0 Å². The molecule has 30 heteroatoms. The smallest absolute Gasteiger partial charge is 0.187 e. The van der Waals surface area contributed by atoms with E-state index < -0.39 is 216 Å². The minimum absolute atomic E-state index is 0.0857. The molecule has 30 nitrogen and oxygen atoms in total. The quantitative estimate of drug-likeness (QED) is 0.0687. The Morgan fingerprint density at radius 3 is 1.50 bits per heavy atom. The fourth-order valence-electron chi connectivity index (χ4n) is 18.7. The lowest BCUT2D eigenvalue weighted by molar-refractivity contribution is -0.417. The van der Waals surface area contributed by atoms with Gasteiger partial charge in [0.2, 0.25) is 0 Å². The summed E-state index contributed by atoms with van der Waals surface area (Å²) in [5.74, 6) is 2.19. The van der Waals surface area contributed by atoms with Gasteiger partial charge in [-0.1, -0.05) is 27.7 Å². The summed E-state index contributed by atoms with van der Waals surface area (Å²) in [5, 5.41) is 178. The maximum absolute atomic E-state index is 12.5. The van der Waals surface area contributed by atoms with Gasteiger partial charge in [0.05, 0.1) is 57.5 Å². The first kappa shape index (κ1) is 70.7. The molecule has 530 valence electrons. The number of aliphatic hydroxyl groups excluding tert-OH is 16. The molecular formula is C62H102O30. The van der Waals surface area contributed by atoms with Crippen molar-refractivity contribution < 1.29 is 148 Å². The zero-order chi connectivity index (χ0) is 65.9. The van der Waals surface area contributed by atoms with Crippen LogP contribution in [0.4, 0.5) is 0 Å². The van der Waals surface area contributed by atoms with E-state index in [9.17, 15) is 81.7 Å². The molecule has 12 aliphatic rings. The summed E-state index contributed by atoms with van der Waals surface area (Å²) < 4.78 is 88.0. The Kier molecular flexibility index (Phi) is 21.3. The highest BCUT2D eigenvalue weighted by molar-refractivity contribution is 5.16. The molecule has 0 aromatic carbocycles. The van der Waals surface area contributed by atoms with Gasteiger partial charge in [-0.3, -0.25) is 0 Å². The molecule has 16 N–H and O–H groups in total. The topological polar surface area (TPSA) is 453 Å². The Hall–Kier alpha value is -1.20. The molecule has 41 unspecified atom stereocenters. The molecule has 0 radical (unpaired) electrons. The van der Waals surface area contributed by atoms with Gasteiger partial charge in [-0.05, 0) is 118 Å². The first-order valence-electron chi connectivity index (χ1n) is 33.5. The third-order valence-electron chi connectivity index (χ3n) is 24.2. The molecule has 8 saturated heterocycles. The highest BCUT2D eigenvalue weighted by Gasteiger charge is 2.70. The van der Waals surface area contributed by atoms with Crippen molar-refractivity contribution in [3.05, 3.63) is 0 Å². The summed E-state index contributed by atoms with van der Waals surface area (Å²) >= 11 is 0. The second kappa shape index (κ2) is 27.7. The SMILES string of the molecule is CC1CCC2(OC1)OC1CC3C4CCC5CC(OC6OC(CO)C(O)C(OC7OC(CO)C(O)C(OC8OCC(O)C(O)C8O)C7OC7OC(C)C(O)C(O)C7O)C6OC6OC(CO)C(OC7OC(C)C(O)C(O)C7O)C(O)C6O)CCC5(C)C4CCC3(C)C1C2C. The van der Waals surface area contributed by atoms with Crippen molar-refractivity contribution in [3.63, 3.8) is 0 Å². The van der Waals surface area contributed by atoms with Gasteiger partial charge >= 0.3 is 0 Å². The lowest BCUT2D eigenvalue weighted by Crippen LogP contribution is -2.69. The number of aliphatic hydroxyl groups is 16. The molecule has 41 atom stereocenters. The molecule has 4 saturated carbocycles. The third kappa shape index (κ3) is 12.5. The van der Waals surface area contributed by atoms with Gasteiger partial charge in [-0.15, -0.1) is 0 Å². The highest BCUT2D eigenvalue weighted by atomic mass is 16.8. The summed E-state index contributed by atoms with van der Waals surface area (Å²) in [6, 6.07) is 0. The minimum atomic E-state index is -2.13. The molecular weight excluding hydrogens is 1220 g/mol. The minimum Gasteiger partial charge on any atom is -0.394 e. The summed E-state index contributed by atoms with van der Waals surface area (Å²) in [4.78, 5) is 0. The van der Waals surface area contributed by atoms with Crippen molar-refractivity contribution in [2.45, 2.75) is 302 Å². The van der Waals surface area contributed by atoms with E-state index in [0.29, 0.717) is 49.0 Å². The van der Waals surface area contributed by atoms with Crippen molar-refractivity contribution in [1.82, 2.24) is 0 Å². The van der Waals surface area contributed by atoms with Crippen molar-refractivity contribution in [1.29, 1.82) is 0 Å². The predicted molar refractivity (Wildman–Crippen MR) is 305 cm³/mol. The van der Waals surface area contributed by atoms with E-state index in [1.54, 1.807) is 0 Å². The van der Waals surface area contributed by atoms with Crippen LogP contribution in [0.3, 0.4) is 0 Å². The average Bonchev–Trinajstić information content (AvgIpc) is 1.55. The Bertz CT molecular complexity index is 2430. The Labute approximate surface area is 533 Å². The standard InChI is InChI=1S/C62H102O30/c1-22-9-14-62(80-20-22)23(2)36-32(92-62)16-30-28-8-7-26-15-27(10-12-60(26,5)29(28)11-13-61(30,36)6)83-58-52(91-57-48(78)44(74)49(35(19-65)86-57)87-55-46(76)42(72)37(67)24(3)81-55)51(41(71)33(17-63)84-58)89-59-53(90-56-47(77)43(73)38(68)25(4)82-56)50(40(70)34(18-64)85-59)88-54-45(75)39(69)31(66)21-79-54/h22-59,63-78H,7-21H2,1-6H3. The van der Waals surface area contributed by atoms with Gasteiger partial charge in [0, 0.05) is 12.3 Å². The van der Waals surface area contributed by atoms with Crippen LogP contribution in [-0.2, 0) is 66.3 Å². The van der Waals surface area contributed by atoms with Gasteiger partial charge < -0.3 is 148 Å². The van der Waals surface area contributed by atoms with Crippen LogP contribution in [0, 0.1) is 52.3 Å². The van der Waals surface area contributed by atoms with Crippen molar-refractivity contribution in [3.8, 4) is 0 Å². The number of ether oxygens (including phenoxy) is 14.